The van der Waals surface area contributed by atoms with Crippen LogP contribution in [0.15, 0.2) is 0 Å². The van der Waals surface area contributed by atoms with Gasteiger partial charge >= 0.3 is 0 Å². The Morgan fingerprint density at radius 1 is 1.41 bits per heavy atom. The maximum absolute atomic E-state index is 12.5. The average Bonchev–Trinajstić information content (AvgIpc) is 2.48. The molecule has 2 fully saturated rings. The average molecular weight is 238 g/mol. The molecule has 1 saturated heterocycles. The first-order valence-corrected chi connectivity index (χ1v) is 7.19. The molecule has 0 aromatic heterocycles. The molecule has 2 atom stereocenters. The van der Waals surface area contributed by atoms with Crippen LogP contribution in [0.25, 0.3) is 0 Å². The summed E-state index contributed by atoms with van der Waals surface area (Å²) < 4.78 is 0. The summed E-state index contributed by atoms with van der Waals surface area (Å²) in [4.78, 5) is 14.6. The Balaban J connectivity index is 2.05. The van der Waals surface area contributed by atoms with Crippen molar-refractivity contribution in [3.63, 3.8) is 0 Å². The molecule has 1 heterocycles. The van der Waals surface area contributed by atoms with Crippen molar-refractivity contribution in [2.45, 2.75) is 71.0 Å². The summed E-state index contributed by atoms with van der Waals surface area (Å²) in [5, 5.41) is 3.55. The summed E-state index contributed by atoms with van der Waals surface area (Å²) >= 11 is 0. The van der Waals surface area contributed by atoms with Gasteiger partial charge in [0.1, 0.15) is 0 Å². The lowest BCUT2D eigenvalue weighted by atomic mass is 9.85. The molecule has 1 aliphatic carbocycles. The van der Waals surface area contributed by atoms with E-state index < -0.39 is 0 Å². The summed E-state index contributed by atoms with van der Waals surface area (Å²) in [7, 11) is 0. The van der Waals surface area contributed by atoms with E-state index in [0.29, 0.717) is 5.91 Å². The molecule has 1 saturated carbocycles. The monoisotopic (exact) mass is 238 g/mol. The smallest absolute Gasteiger partial charge is 0.243 e. The molecule has 0 bridgehead atoms. The summed E-state index contributed by atoms with van der Waals surface area (Å²) in [5.41, 5.74) is -0.316. The fourth-order valence-corrected chi connectivity index (χ4v) is 2.88. The summed E-state index contributed by atoms with van der Waals surface area (Å²) in [6, 6.07) is 0. The SMILES string of the molecule is CCCC1NC(C)(CC)C(=O)N1CC1CCC1. The fourth-order valence-electron chi connectivity index (χ4n) is 2.88. The quantitative estimate of drug-likeness (QED) is 0.798. The van der Waals surface area contributed by atoms with Gasteiger partial charge in [0.25, 0.3) is 0 Å². The lowest BCUT2D eigenvalue weighted by molar-refractivity contribution is -0.134. The Kier molecular flexibility index (Phi) is 3.76. The third kappa shape index (κ3) is 2.35. The first kappa shape index (κ1) is 12.9. The van der Waals surface area contributed by atoms with Crippen molar-refractivity contribution in [2.24, 2.45) is 5.92 Å². The van der Waals surface area contributed by atoms with Crippen molar-refractivity contribution in [3.8, 4) is 0 Å². The van der Waals surface area contributed by atoms with Crippen LogP contribution in [0, 0.1) is 5.92 Å². The van der Waals surface area contributed by atoms with E-state index in [9.17, 15) is 4.79 Å². The maximum atomic E-state index is 12.5. The van der Waals surface area contributed by atoms with Crippen molar-refractivity contribution >= 4 is 5.91 Å². The van der Waals surface area contributed by atoms with Crippen LogP contribution in [-0.2, 0) is 4.79 Å². The van der Waals surface area contributed by atoms with E-state index in [4.69, 9.17) is 0 Å². The summed E-state index contributed by atoms with van der Waals surface area (Å²) in [6.07, 6.45) is 7.34. The number of carbonyl (C=O) groups excluding carboxylic acids is 1. The van der Waals surface area contributed by atoms with Crippen LogP contribution in [0.4, 0.5) is 0 Å². The zero-order valence-electron chi connectivity index (χ0n) is 11.5. The Morgan fingerprint density at radius 2 is 2.12 bits per heavy atom. The number of rotatable bonds is 5. The highest BCUT2D eigenvalue weighted by molar-refractivity contribution is 5.88. The van der Waals surface area contributed by atoms with Crippen molar-refractivity contribution < 1.29 is 4.79 Å². The predicted molar refractivity (Wildman–Crippen MR) is 69.6 cm³/mol. The van der Waals surface area contributed by atoms with Gasteiger partial charge in [-0.3, -0.25) is 10.1 Å². The zero-order valence-corrected chi connectivity index (χ0v) is 11.5. The minimum Gasteiger partial charge on any atom is -0.325 e. The van der Waals surface area contributed by atoms with Gasteiger partial charge in [0.15, 0.2) is 0 Å². The molecule has 1 aliphatic heterocycles. The van der Waals surface area contributed by atoms with E-state index in [0.717, 1.165) is 31.7 Å². The van der Waals surface area contributed by atoms with Crippen LogP contribution in [-0.4, -0.2) is 29.1 Å². The molecule has 17 heavy (non-hydrogen) atoms. The van der Waals surface area contributed by atoms with Crippen molar-refractivity contribution in [2.75, 3.05) is 6.54 Å². The van der Waals surface area contributed by atoms with Gasteiger partial charge in [0.2, 0.25) is 5.91 Å². The highest BCUT2D eigenvalue weighted by Crippen LogP contribution is 2.32. The van der Waals surface area contributed by atoms with E-state index in [1.54, 1.807) is 0 Å². The molecule has 2 unspecified atom stereocenters. The topological polar surface area (TPSA) is 32.3 Å². The molecule has 3 nitrogen and oxygen atoms in total. The van der Waals surface area contributed by atoms with Crippen LogP contribution >= 0.6 is 0 Å². The van der Waals surface area contributed by atoms with E-state index in [-0.39, 0.29) is 11.7 Å². The second kappa shape index (κ2) is 4.97. The molecule has 0 aromatic carbocycles. The van der Waals surface area contributed by atoms with Gasteiger partial charge in [-0.25, -0.2) is 0 Å². The molecule has 3 heteroatoms. The minimum atomic E-state index is -0.316. The van der Waals surface area contributed by atoms with Crippen LogP contribution < -0.4 is 5.32 Å². The van der Waals surface area contributed by atoms with Crippen molar-refractivity contribution in [1.82, 2.24) is 10.2 Å². The fraction of sp³-hybridized carbons (Fsp3) is 0.929. The molecule has 98 valence electrons. The molecular formula is C14H26N2O. The molecule has 1 amide bonds. The normalized spacial score (nSPS) is 34.2. The lowest BCUT2D eigenvalue weighted by Gasteiger charge is -2.33. The van der Waals surface area contributed by atoms with Gasteiger partial charge in [0.05, 0.1) is 11.7 Å². The largest absolute Gasteiger partial charge is 0.325 e. The number of hydrogen-bond acceptors (Lipinski definition) is 2. The highest BCUT2D eigenvalue weighted by Gasteiger charge is 2.46. The van der Waals surface area contributed by atoms with E-state index in [1.807, 2.05) is 0 Å². The van der Waals surface area contributed by atoms with Gasteiger partial charge in [-0.05, 0) is 38.5 Å². The first-order chi connectivity index (χ1) is 8.10. The van der Waals surface area contributed by atoms with Crippen molar-refractivity contribution in [1.29, 1.82) is 0 Å². The molecule has 0 aromatic rings. The molecule has 1 N–H and O–H groups in total. The summed E-state index contributed by atoms with van der Waals surface area (Å²) in [6.45, 7) is 7.32. The molecule has 2 rings (SSSR count). The summed E-state index contributed by atoms with van der Waals surface area (Å²) in [5.74, 6) is 1.09. The molecule has 0 radical (unpaired) electrons. The Labute approximate surface area is 105 Å². The third-order valence-corrected chi connectivity index (χ3v) is 4.54. The van der Waals surface area contributed by atoms with Gasteiger partial charge < -0.3 is 4.90 Å². The van der Waals surface area contributed by atoms with Gasteiger partial charge in [-0.2, -0.15) is 0 Å². The molecular weight excluding hydrogens is 212 g/mol. The molecule has 0 spiro atoms. The molecule has 2 aliphatic rings. The predicted octanol–water partition coefficient (Wildman–Crippen LogP) is 2.51. The number of hydrogen-bond donors (Lipinski definition) is 1. The van der Waals surface area contributed by atoms with Gasteiger partial charge in [0, 0.05) is 6.54 Å². The standard InChI is InChI=1S/C14H26N2O/c1-4-7-12-15-14(3,5-2)13(17)16(12)10-11-8-6-9-11/h11-12,15H,4-10H2,1-3H3. The minimum absolute atomic E-state index is 0.276. The van der Waals surface area contributed by atoms with E-state index >= 15 is 0 Å². The number of nitrogens with one attached hydrogen (secondary N) is 1. The van der Waals surface area contributed by atoms with E-state index in [2.05, 4.69) is 31.0 Å². The lowest BCUT2D eigenvalue weighted by Crippen LogP contribution is -2.43. The third-order valence-electron chi connectivity index (χ3n) is 4.54. The second-order valence-corrected chi connectivity index (χ2v) is 5.89. The number of nitrogens with zero attached hydrogens (tertiary/aromatic N) is 1. The second-order valence-electron chi connectivity index (χ2n) is 5.89. The van der Waals surface area contributed by atoms with Crippen LogP contribution in [0.1, 0.15) is 59.3 Å². The van der Waals surface area contributed by atoms with Crippen LogP contribution in [0.5, 0.6) is 0 Å². The number of amides is 1. The zero-order chi connectivity index (χ0) is 12.5. The van der Waals surface area contributed by atoms with E-state index in [1.165, 1.54) is 19.3 Å². The van der Waals surface area contributed by atoms with Gasteiger partial charge in [-0.1, -0.05) is 26.7 Å². The van der Waals surface area contributed by atoms with Crippen molar-refractivity contribution in [3.05, 3.63) is 0 Å². The number of carbonyl (C=O) groups is 1. The first-order valence-electron chi connectivity index (χ1n) is 7.19. The Hall–Kier alpha value is -0.570. The maximum Gasteiger partial charge on any atom is 0.243 e. The Morgan fingerprint density at radius 3 is 2.59 bits per heavy atom. The Bertz CT molecular complexity index is 288. The van der Waals surface area contributed by atoms with Crippen LogP contribution in [0.3, 0.4) is 0 Å². The van der Waals surface area contributed by atoms with Crippen LogP contribution in [0.2, 0.25) is 0 Å². The highest BCUT2D eigenvalue weighted by atomic mass is 16.2. The van der Waals surface area contributed by atoms with Gasteiger partial charge in [-0.15, -0.1) is 0 Å².